The van der Waals surface area contributed by atoms with E-state index in [1.165, 1.54) is 17.0 Å². The number of carbonyl (C=O) groups excluding carboxylic acids is 1. The number of alkyl halides is 6. The molecule has 2 aromatic carbocycles. The van der Waals surface area contributed by atoms with Gasteiger partial charge in [0, 0.05) is 30.6 Å². The lowest BCUT2D eigenvalue weighted by atomic mass is 9.84. The van der Waals surface area contributed by atoms with Crippen LogP contribution in [0.4, 0.5) is 30.7 Å². The minimum absolute atomic E-state index is 0.00686. The SMILES string of the molecule is C[N-]C1CCN(C2CCN(C(=O)c3cc(C(F)(F)F)cc(C(F)(F)F)c3)CC2c2ccc(F)cc2)C1. The van der Waals surface area contributed by atoms with Gasteiger partial charge in [-0.3, -0.25) is 4.79 Å². The first kappa shape index (κ1) is 26.4. The average Bonchev–Trinajstić information content (AvgIpc) is 3.31. The molecule has 0 spiro atoms. The summed E-state index contributed by atoms with van der Waals surface area (Å²) in [4.78, 5) is 16.8. The fourth-order valence-corrected chi connectivity index (χ4v) is 5.14. The molecule has 0 aromatic heterocycles. The lowest BCUT2D eigenvalue weighted by molar-refractivity contribution is -0.143. The van der Waals surface area contributed by atoms with E-state index in [-0.39, 0.29) is 37.2 Å². The Morgan fingerprint density at radius 3 is 2.03 bits per heavy atom. The van der Waals surface area contributed by atoms with Gasteiger partial charge in [-0.15, -0.1) is 6.04 Å². The van der Waals surface area contributed by atoms with Gasteiger partial charge in [0.15, 0.2) is 0 Å². The van der Waals surface area contributed by atoms with Crippen LogP contribution in [0.15, 0.2) is 42.5 Å². The molecule has 11 heteroatoms. The molecule has 196 valence electrons. The minimum Gasteiger partial charge on any atom is -0.661 e. The normalized spacial score (nSPS) is 23.8. The Hall–Kier alpha value is -2.66. The highest BCUT2D eigenvalue weighted by molar-refractivity contribution is 5.95. The number of carbonyl (C=O) groups is 1. The summed E-state index contributed by atoms with van der Waals surface area (Å²) in [5, 5.41) is 4.34. The minimum atomic E-state index is -5.05. The lowest BCUT2D eigenvalue weighted by Gasteiger charge is -2.43. The zero-order valence-corrected chi connectivity index (χ0v) is 19.4. The molecule has 0 N–H and O–H groups in total. The summed E-state index contributed by atoms with van der Waals surface area (Å²) in [5.41, 5.74) is -2.98. The molecule has 2 heterocycles. The van der Waals surface area contributed by atoms with Crippen molar-refractivity contribution in [1.82, 2.24) is 9.80 Å². The van der Waals surface area contributed by atoms with Crippen LogP contribution < -0.4 is 0 Å². The van der Waals surface area contributed by atoms with Gasteiger partial charge in [-0.05, 0) is 55.4 Å². The molecule has 2 aromatic rings. The summed E-state index contributed by atoms with van der Waals surface area (Å²) < 4.78 is 93.4. The van der Waals surface area contributed by atoms with Crippen LogP contribution in [0, 0.1) is 5.82 Å². The molecular weight excluding hydrogens is 491 g/mol. The molecule has 0 radical (unpaired) electrons. The van der Waals surface area contributed by atoms with Gasteiger partial charge in [0.05, 0.1) is 11.1 Å². The quantitative estimate of drug-likeness (QED) is 0.472. The first-order valence-corrected chi connectivity index (χ1v) is 11.5. The van der Waals surface area contributed by atoms with E-state index < -0.39 is 40.8 Å². The van der Waals surface area contributed by atoms with E-state index >= 15 is 0 Å². The number of nitrogens with zero attached hydrogens (tertiary/aromatic N) is 3. The van der Waals surface area contributed by atoms with Gasteiger partial charge in [-0.2, -0.15) is 33.4 Å². The second-order valence-corrected chi connectivity index (χ2v) is 9.26. The van der Waals surface area contributed by atoms with E-state index in [4.69, 9.17) is 0 Å². The number of piperidine rings is 1. The number of rotatable bonds is 4. The maximum Gasteiger partial charge on any atom is 0.416 e. The number of amides is 1. The molecule has 0 bridgehead atoms. The molecule has 4 rings (SSSR count). The molecule has 3 atom stereocenters. The van der Waals surface area contributed by atoms with Crippen molar-refractivity contribution >= 4 is 5.91 Å². The summed E-state index contributed by atoms with van der Waals surface area (Å²) in [6, 6.07) is 6.87. The first-order chi connectivity index (χ1) is 16.9. The van der Waals surface area contributed by atoms with Crippen LogP contribution in [0.25, 0.3) is 5.32 Å². The highest BCUT2D eigenvalue weighted by Gasteiger charge is 2.40. The summed E-state index contributed by atoms with van der Waals surface area (Å²) in [6.45, 7) is 1.75. The Bertz CT molecular complexity index is 1050. The van der Waals surface area contributed by atoms with E-state index in [2.05, 4.69) is 10.2 Å². The van der Waals surface area contributed by atoms with Crippen molar-refractivity contribution in [3.8, 4) is 0 Å². The smallest absolute Gasteiger partial charge is 0.416 e. The fourth-order valence-electron chi connectivity index (χ4n) is 5.14. The zero-order valence-electron chi connectivity index (χ0n) is 19.4. The van der Waals surface area contributed by atoms with Crippen molar-refractivity contribution < 1.29 is 35.5 Å². The van der Waals surface area contributed by atoms with Gasteiger partial charge in [0.1, 0.15) is 5.82 Å². The van der Waals surface area contributed by atoms with Crippen LogP contribution in [0.1, 0.15) is 45.8 Å². The number of hydrogen-bond acceptors (Lipinski definition) is 2. The van der Waals surface area contributed by atoms with Gasteiger partial charge < -0.3 is 15.1 Å². The summed E-state index contributed by atoms with van der Waals surface area (Å²) in [5.74, 6) is -1.64. The van der Waals surface area contributed by atoms with Crippen molar-refractivity contribution in [3.63, 3.8) is 0 Å². The van der Waals surface area contributed by atoms with E-state index in [9.17, 15) is 35.5 Å². The Morgan fingerprint density at radius 2 is 1.50 bits per heavy atom. The molecular formula is C25H25F7N3O-. The van der Waals surface area contributed by atoms with E-state index in [0.717, 1.165) is 25.1 Å². The highest BCUT2D eigenvalue weighted by Crippen LogP contribution is 2.38. The van der Waals surface area contributed by atoms with Crippen LogP contribution in [0.3, 0.4) is 0 Å². The van der Waals surface area contributed by atoms with E-state index in [1.807, 2.05) is 0 Å². The molecule has 2 aliphatic heterocycles. The molecule has 2 aliphatic rings. The van der Waals surface area contributed by atoms with Gasteiger partial charge in [-0.1, -0.05) is 18.6 Å². The third-order valence-electron chi connectivity index (χ3n) is 7.03. The van der Waals surface area contributed by atoms with Crippen molar-refractivity contribution in [2.45, 2.75) is 43.2 Å². The monoisotopic (exact) mass is 516 g/mol. The summed E-state index contributed by atoms with van der Waals surface area (Å²) in [7, 11) is 1.75. The van der Waals surface area contributed by atoms with Crippen molar-refractivity contribution in [2.24, 2.45) is 0 Å². The molecule has 0 saturated carbocycles. The van der Waals surface area contributed by atoms with Crippen LogP contribution in [-0.4, -0.2) is 61.0 Å². The van der Waals surface area contributed by atoms with Gasteiger partial charge in [0.25, 0.3) is 5.91 Å². The van der Waals surface area contributed by atoms with Crippen molar-refractivity contribution in [2.75, 3.05) is 33.2 Å². The maximum atomic E-state index is 13.6. The second kappa shape index (κ2) is 10.0. The molecule has 2 saturated heterocycles. The third-order valence-corrected chi connectivity index (χ3v) is 7.03. The Morgan fingerprint density at radius 1 is 0.889 bits per heavy atom. The van der Waals surface area contributed by atoms with Crippen LogP contribution in [0.5, 0.6) is 0 Å². The van der Waals surface area contributed by atoms with E-state index in [0.29, 0.717) is 18.6 Å². The number of likely N-dealkylation sites (tertiary alicyclic amines) is 2. The van der Waals surface area contributed by atoms with Gasteiger partial charge >= 0.3 is 12.4 Å². The highest BCUT2D eigenvalue weighted by atomic mass is 19.4. The molecule has 1 amide bonds. The van der Waals surface area contributed by atoms with Crippen molar-refractivity contribution in [3.05, 3.63) is 75.9 Å². The standard InChI is InChI=1S/C25H25F7N3O/c1-33-20-6-8-34(13-20)22-7-9-35(14-21(22)15-2-4-19(26)5-3-15)23(36)16-10-17(24(27,28)29)12-18(11-16)25(30,31)32/h2-5,10-12,20-22H,6-9,13-14H2,1H3/q-1. The number of halogens is 7. The van der Waals surface area contributed by atoms with Gasteiger partial charge in [-0.25, -0.2) is 4.39 Å². The number of likely N-dealkylation sites (N-methyl/N-ethyl adjacent to an activating group) is 1. The maximum absolute atomic E-state index is 13.6. The zero-order chi connectivity index (χ0) is 26.3. The van der Waals surface area contributed by atoms with Crippen molar-refractivity contribution in [1.29, 1.82) is 0 Å². The molecule has 36 heavy (non-hydrogen) atoms. The Balaban J connectivity index is 1.64. The first-order valence-electron chi connectivity index (χ1n) is 11.5. The van der Waals surface area contributed by atoms with Crippen LogP contribution >= 0.6 is 0 Å². The van der Waals surface area contributed by atoms with Crippen LogP contribution in [0.2, 0.25) is 0 Å². The van der Waals surface area contributed by atoms with Crippen LogP contribution in [-0.2, 0) is 12.4 Å². The average molecular weight is 516 g/mol. The lowest BCUT2D eigenvalue weighted by Crippen LogP contribution is -2.51. The molecule has 0 aliphatic carbocycles. The molecule has 4 nitrogen and oxygen atoms in total. The number of benzene rings is 2. The fraction of sp³-hybridized carbons (Fsp3) is 0.480. The predicted octanol–water partition coefficient (Wildman–Crippen LogP) is 5.94. The Kier molecular flexibility index (Phi) is 7.34. The van der Waals surface area contributed by atoms with Gasteiger partial charge in [0.2, 0.25) is 0 Å². The number of hydrogen-bond donors (Lipinski definition) is 0. The summed E-state index contributed by atoms with van der Waals surface area (Å²) in [6.07, 6.45) is -8.75. The largest absolute Gasteiger partial charge is 0.661 e. The van der Waals surface area contributed by atoms with E-state index in [1.54, 1.807) is 19.2 Å². The Labute approximate surface area is 204 Å². The second-order valence-electron chi connectivity index (χ2n) is 9.26. The third kappa shape index (κ3) is 5.67. The topological polar surface area (TPSA) is 37.7 Å². The molecule has 3 unspecified atom stereocenters. The predicted molar refractivity (Wildman–Crippen MR) is 119 cm³/mol. The molecule has 2 fully saturated rings. The summed E-state index contributed by atoms with van der Waals surface area (Å²) >= 11 is 0.